The lowest BCUT2D eigenvalue weighted by molar-refractivity contribution is -0.114. The summed E-state index contributed by atoms with van der Waals surface area (Å²) in [4.78, 5) is 30.1. The van der Waals surface area contributed by atoms with E-state index in [1.54, 1.807) is 18.0 Å². The Morgan fingerprint density at radius 3 is 2.86 bits per heavy atom. The van der Waals surface area contributed by atoms with Gasteiger partial charge in [-0.15, -0.1) is 0 Å². The van der Waals surface area contributed by atoms with Crippen molar-refractivity contribution in [2.45, 2.75) is 20.4 Å². The molecule has 2 heterocycles. The highest BCUT2D eigenvalue weighted by Crippen LogP contribution is 2.38. The van der Waals surface area contributed by atoms with Crippen molar-refractivity contribution in [3.8, 4) is 10.4 Å². The second-order valence-electron chi connectivity index (χ2n) is 5.27. The van der Waals surface area contributed by atoms with Crippen LogP contribution >= 0.6 is 22.9 Å². The maximum absolute atomic E-state index is 12.0. The molecule has 0 spiro atoms. The van der Waals surface area contributed by atoms with Crippen molar-refractivity contribution in [2.75, 3.05) is 12.4 Å². The quantitative estimate of drug-likeness (QED) is 0.915. The molecule has 0 aliphatic carbocycles. The summed E-state index contributed by atoms with van der Waals surface area (Å²) < 4.78 is 0. The van der Waals surface area contributed by atoms with Crippen LogP contribution in [0.1, 0.15) is 28.5 Å². The van der Waals surface area contributed by atoms with Crippen LogP contribution in [0.25, 0.3) is 10.4 Å². The molecule has 1 N–H and O–H groups in total. The lowest BCUT2D eigenvalue weighted by Crippen LogP contribution is -2.17. The van der Waals surface area contributed by atoms with Crippen LogP contribution in [-0.2, 0) is 11.3 Å². The van der Waals surface area contributed by atoms with Gasteiger partial charge in [-0.1, -0.05) is 22.9 Å². The van der Waals surface area contributed by atoms with Gasteiger partial charge in [0.25, 0.3) is 5.91 Å². The number of nitrogens with zero attached hydrogens (tertiary/aromatic N) is 2. The number of aryl methyl sites for hydroxylation is 1. The van der Waals surface area contributed by atoms with Crippen LogP contribution in [0.5, 0.6) is 0 Å². The predicted molar refractivity (Wildman–Crippen MR) is 87.4 cm³/mol. The summed E-state index contributed by atoms with van der Waals surface area (Å²) in [6.07, 6.45) is 0. The molecule has 1 aromatic carbocycles. The summed E-state index contributed by atoms with van der Waals surface area (Å²) in [7, 11) is 1.76. The first-order valence-electron chi connectivity index (χ1n) is 6.70. The number of anilines is 1. The highest BCUT2D eigenvalue weighted by atomic mass is 35.5. The Morgan fingerprint density at radius 1 is 1.45 bits per heavy atom. The number of halogens is 1. The van der Waals surface area contributed by atoms with Crippen LogP contribution in [0.4, 0.5) is 5.13 Å². The fraction of sp³-hybridized carbons (Fsp3) is 0.267. The summed E-state index contributed by atoms with van der Waals surface area (Å²) in [5.41, 5.74) is 3.24. The Morgan fingerprint density at radius 2 is 2.18 bits per heavy atom. The predicted octanol–water partition coefficient (Wildman–Crippen LogP) is 3.32. The van der Waals surface area contributed by atoms with Gasteiger partial charge in [-0.05, 0) is 30.2 Å². The third-order valence-corrected chi connectivity index (χ3v) is 4.90. The molecule has 1 aliphatic heterocycles. The number of carbonyl (C=O) groups excluding carboxylic acids is 2. The zero-order valence-corrected chi connectivity index (χ0v) is 13.9. The van der Waals surface area contributed by atoms with Crippen LogP contribution in [-0.4, -0.2) is 28.7 Å². The molecule has 22 heavy (non-hydrogen) atoms. The van der Waals surface area contributed by atoms with Crippen molar-refractivity contribution in [2.24, 2.45) is 0 Å². The van der Waals surface area contributed by atoms with Gasteiger partial charge < -0.3 is 10.2 Å². The zero-order chi connectivity index (χ0) is 16.0. The average molecular weight is 336 g/mol. The number of amides is 2. The Bertz CT molecular complexity index is 800. The van der Waals surface area contributed by atoms with Gasteiger partial charge in [-0.25, -0.2) is 4.98 Å². The van der Waals surface area contributed by atoms with Crippen LogP contribution in [0.2, 0.25) is 5.02 Å². The van der Waals surface area contributed by atoms with E-state index in [9.17, 15) is 9.59 Å². The molecule has 5 nitrogen and oxygen atoms in total. The van der Waals surface area contributed by atoms with Crippen molar-refractivity contribution >= 4 is 39.9 Å². The Balaban J connectivity index is 2.06. The van der Waals surface area contributed by atoms with Crippen molar-refractivity contribution in [1.82, 2.24) is 9.88 Å². The smallest absolute Gasteiger partial charge is 0.255 e. The molecule has 0 saturated carbocycles. The minimum absolute atomic E-state index is 0.0495. The second-order valence-corrected chi connectivity index (χ2v) is 6.67. The molecule has 0 radical (unpaired) electrons. The van der Waals surface area contributed by atoms with E-state index in [1.807, 2.05) is 13.0 Å². The summed E-state index contributed by atoms with van der Waals surface area (Å²) in [6.45, 7) is 3.89. The molecule has 3 rings (SSSR count). The number of thiazole rings is 1. The number of rotatable bonds is 2. The van der Waals surface area contributed by atoms with Gasteiger partial charge in [0.15, 0.2) is 5.13 Å². The number of benzene rings is 1. The Hall–Kier alpha value is -1.92. The number of hydrogen-bond acceptors (Lipinski definition) is 4. The normalized spacial score (nSPS) is 13.5. The molecule has 0 bridgehead atoms. The van der Waals surface area contributed by atoms with Gasteiger partial charge in [0.2, 0.25) is 5.91 Å². The van der Waals surface area contributed by atoms with Gasteiger partial charge in [-0.2, -0.15) is 0 Å². The highest BCUT2D eigenvalue weighted by Gasteiger charge is 2.28. The largest absolute Gasteiger partial charge is 0.337 e. The fourth-order valence-electron chi connectivity index (χ4n) is 2.55. The van der Waals surface area contributed by atoms with E-state index in [4.69, 9.17) is 11.6 Å². The van der Waals surface area contributed by atoms with E-state index in [0.717, 1.165) is 21.7 Å². The second kappa shape index (κ2) is 5.37. The maximum Gasteiger partial charge on any atom is 0.255 e. The van der Waals surface area contributed by atoms with E-state index in [0.29, 0.717) is 22.3 Å². The number of hydrogen-bond donors (Lipinski definition) is 1. The molecule has 7 heteroatoms. The summed E-state index contributed by atoms with van der Waals surface area (Å²) in [5.74, 6) is -0.203. The molecular formula is C15H14ClN3O2S. The van der Waals surface area contributed by atoms with Gasteiger partial charge in [-0.3, -0.25) is 9.59 Å². The minimum Gasteiger partial charge on any atom is -0.337 e. The Labute approximate surface area is 136 Å². The Kier molecular flexibility index (Phi) is 3.66. The van der Waals surface area contributed by atoms with Crippen molar-refractivity contribution < 1.29 is 9.59 Å². The first-order chi connectivity index (χ1) is 10.4. The summed E-state index contributed by atoms with van der Waals surface area (Å²) >= 11 is 7.69. The standard InChI is InChI=1S/C15H14ClN3O2S/c1-7-13(22-15(17-7)18-8(2)20)9-4-10-6-19(3)14(21)12(10)11(16)5-9/h4-5H,6H2,1-3H3,(H,17,18,20). The third kappa shape index (κ3) is 2.48. The van der Waals surface area contributed by atoms with Gasteiger partial charge in [0.1, 0.15) is 0 Å². The van der Waals surface area contributed by atoms with Crippen LogP contribution < -0.4 is 5.32 Å². The molecule has 0 atom stereocenters. The topological polar surface area (TPSA) is 62.3 Å². The SMILES string of the molecule is CC(=O)Nc1nc(C)c(-c2cc(Cl)c3c(c2)CN(C)C3=O)s1. The molecule has 0 fully saturated rings. The third-order valence-electron chi connectivity index (χ3n) is 3.48. The molecule has 1 aromatic heterocycles. The van der Waals surface area contributed by atoms with Gasteiger partial charge in [0, 0.05) is 20.5 Å². The molecule has 2 amide bonds. The molecular weight excluding hydrogens is 322 g/mol. The average Bonchev–Trinajstić information content (AvgIpc) is 2.90. The molecule has 1 aliphatic rings. The van der Waals surface area contributed by atoms with Crippen LogP contribution in [0.3, 0.4) is 0 Å². The summed E-state index contributed by atoms with van der Waals surface area (Å²) in [6, 6.07) is 3.76. The van der Waals surface area contributed by atoms with Crippen molar-refractivity contribution in [1.29, 1.82) is 0 Å². The van der Waals surface area contributed by atoms with Gasteiger partial charge >= 0.3 is 0 Å². The first-order valence-corrected chi connectivity index (χ1v) is 7.89. The van der Waals surface area contributed by atoms with Crippen molar-refractivity contribution in [3.05, 3.63) is 34.0 Å². The van der Waals surface area contributed by atoms with Crippen molar-refractivity contribution in [3.63, 3.8) is 0 Å². The lowest BCUT2D eigenvalue weighted by Gasteiger charge is -2.05. The summed E-state index contributed by atoms with van der Waals surface area (Å²) in [5, 5.41) is 3.70. The molecule has 2 aromatic rings. The van der Waals surface area contributed by atoms with Crippen LogP contribution in [0.15, 0.2) is 12.1 Å². The number of aromatic nitrogens is 1. The number of nitrogens with one attached hydrogen (secondary N) is 1. The van der Waals surface area contributed by atoms with Gasteiger partial charge in [0.05, 0.1) is 21.2 Å². The zero-order valence-electron chi connectivity index (χ0n) is 12.4. The molecule has 114 valence electrons. The fourth-order valence-corrected chi connectivity index (χ4v) is 3.86. The van der Waals surface area contributed by atoms with E-state index < -0.39 is 0 Å². The minimum atomic E-state index is -0.153. The molecule has 0 saturated heterocycles. The molecule has 0 unspecified atom stereocenters. The lowest BCUT2D eigenvalue weighted by atomic mass is 10.0. The van der Waals surface area contributed by atoms with E-state index in [1.165, 1.54) is 18.3 Å². The first kappa shape index (κ1) is 15.0. The van der Waals surface area contributed by atoms with E-state index in [2.05, 4.69) is 10.3 Å². The highest BCUT2D eigenvalue weighted by molar-refractivity contribution is 7.19. The van der Waals surface area contributed by atoms with Crippen LogP contribution in [0, 0.1) is 6.92 Å². The van der Waals surface area contributed by atoms with E-state index in [-0.39, 0.29) is 11.8 Å². The number of fused-ring (bicyclic) bond motifs is 1. The monoisotopic (exact) mass is 335 g/mol. The number of carbonyl (C=O) groups is 2. The van der Waals surface area contributed by atoms with E-state index >= 15 is 0 Å². The maximum atomic E-state index is 12.0.